The largest absolute Gasteiger partial charge is 0.379 e. The minimum absolute atomic E-state index is 0.00742. The molecule has 0 aliphatic carbocycles. The van der Waals surface area contributed by atoms with E-state index in [4.69, 9.17) is 9.47 Å². The fourth-order valence-corrected chi connectivity index (χ4v) is 1.58. The van der Waals surface area contributed by atoms with Crippen LogP contribution in [0.4, 0.5) is 0 Å². The molecular weight excluding hydrogens is 258 g/mol. The average molecular weight is 283 g/mol. The van der Waals surface area contributed by atoms with Gasteiger partial charge in [0.25, 0.3) is 0 Å². The van der Waals surface area contributed by atoms with E-state index in [9.17, 15) is 4.79 Å². The Hall–Kier alpha value is -1.40. The van der Waals surface area contributed by atoms with Crippen LogP contribution in [0.3, 0.4) is 0 Å². The van der Waals surface area contributed by atoms with Crippen molar-refractivity contribution in [1.82, 2.24) is 14.9 Å². The number of hydrogen-bond acceptors (Lipinski definition) is 4. The Labute approximate surface area is 120 Å². The van der Waals surface area contributed by atoms with E-state index in [1.165, 1.54) is 0 Å². The maximum Gasteiger partial charge on any atom is 0.222 e. The molecule has 1 amide bonds. The van der Waals surface area contributed by atoms with Gasteiger partial charge in [0.1, 0.15) is 0 Å². The highest BCUT2D eigenvalue weighted by molar-refractivity contribution is 5.75. The zero-order chi connectivity index (χ0) is 14.8. The van der Waals surface area contributed by atoms with Gasteiger partial charge in [-0.15, -0.1) is 0 Å². The number of imidazole rings is 1. The Bertz CT molecular complexity index is 391. The van der Waals surface area contributed by atoms with Crippen LogP contribution in [0.25, 0.3) is 0 Å². The molecule has 1 N–H and O–H groups in total. The van der Waals surface area contributed by atoms with Crippen molar-refractivity contribution in [2.45, 2.75) is 32.7 Å². The number of amides is 1. The number of ether oxygens (including phenoxy) is 2. The van der Waals surface area contributed by atoms with Gasteiger partial charge in [-0.2, -0.15) is 0 Å². The predicted octanol–water partition coefficient (Wildman–Crippen LogP) is 1.18. The summed E-state index contributed by atoms with van der Waals surface area (Å²) < 4.78 is 12.8. The highest BCUT2D eigenvalue weighted by atomic mass is 16.5. The first-order valence-electron chi connectivity index (χ1n) is 7.01. The molecule has 0 saturated heterocycles. The van der Waals surface area contributed by atoms with Crippen molar-refractivity contribution in [3.8, 4) is 0 Å². The van der Waals surface area contributed by atoms with Crippen molar-refractivity contribution in [3.63, 3.8) is 0 Å². The van der Waals surface area contributed by atoms with Crippen LogP contribution in [0.1, 0.15) is 31.9 Å². The van der Waals surface area contributed by atoms with Crippen molar-refractivity contribution < 1.29 is 14.3 Å². The normalized spacial score (nSPS) is 11.0. The summed E-state index contributed by atoms with van der Waals surface area (Å²) in [5.41, 5.74) is 1.10. The molecule has 0 saturated carbocycles. The number of nitrogens with zero attached hydrogens (tertiary/aromatic N) is 2. The monoisotopic (exact) mass is 283 g/mol. The molecule has 0 fully saturated rings. The summed E-state index contributed by atoms with van der Waals surface area (Å²) in [6.07, 6.45) is 4.27. The molecule has 20 heavy (non-hydrogen) atoms. The van der Waals surface area contributed by atoms with Gasteiger partial charge < -0.3 is 19.4 Å². The molecule has 0 radical (unpaired) electrons. The standard InChI is InChI=1S/C14H25N3O3/c1-12(2)13-10-17(11-16-13)5-7-20-9-8-19-6-4-14(18)15-3/h10-12H,4-9H2,1-3H3,(H,15,18). The molecule has 0 spiro atoms. The summed E-state index contributed by atoms with van der Waals surface area (Å²) in [5.74, 6) is 0.442. The van der Waals surface area contributed by atoms with Gasteiger partial charge in [-0.1, -0.05) is 13.8 Å². The van der Waals surface area contributed by atoms with Gasteiger partial charge in [-0.25, -0.2) is 4.98 Å². The lowest BCUT2D eigenvalue weighted by molar-refractivity contribution is -0.121. The van der Waals surface area contributed by atoms with Gasteiger partial charge >= 0.3 is 0 Å². The zero-order valence-electron chi connectivity index (χ0n) is 12.6. The molecule has 0 aliphatic rings. The third-order valence-electron chi connectivity index (χ3n) is 2.86. The fourth-order valence-electron chi connectivity index (χ4n) is 1.58. The Kier molecular flexibility index (Phi) is 7.91. The second kappa shape index (κ2) is 9.50. The Morgan fingerprint density at radius 1 is 1.30 bits per heavy atom. The fraction of sp³-hybridized carbons (Fsp3) is 0.714. The predicted molar refractivity (Wildman–Crippen MR) is 76.6 cm³/mol. The van der Waals surface area contributed by atoms with E-state index in [1.54, 1.807) is 7.05 Å². The van der Waals surface area contributed by atoms with Crippen molar-refractivity contribution in [3.05, 3.63) is 18.2 Å². The van der Waals surface area contributed by atoms with Crippen LogP contribution in [0, 0.1) is 0 Å². The zero-order valence-corrected chi connectivity index (χ0v) is 12.6. The molecule has 0 aromatic carbocycles. The van der Waals surface area contributed by atoms with Gasteiger partial charge in [0.05, 0.1) is 38.4 Å². The van der Waals surface area contributed by atoms with Crippen molar-refractivity contribution in [2.75, 3.05) is 33.5 Å². The van der Waals surface area contributed by atoms with Crippen LogP contribution in [0.5, 0.6) is 0 Å². The number of hydrogen-bond donors (Lipinski definition) is 1. The van der Waals surface area contributed by atoms with Crippen LogP contribution >= 0.6 is 0 Å². The highest BCUT2D eigenvalue weighted by Crippen LogP contribution is 2.10. The lowest BCUT2D eigenvalue weighted by Gasteiger charge is -2.06. The first-order valence-corrected chi connectivity index (χ1v) is 7.01. The first kappa shape index (κ1) is 16.7. The van der Waals surface area contributed by atoms with E-state index >= 15 is 0 Å². The second-order valence-corrected chi connectivity index (χ2v) is 4.84. The number of carbonyl (C=O) groups excluding carboxylic acids is 1. The molecule has 6 heteroatoms. The summed E-state index contributed by atoms with van der Waals surface area (Å²) in [7, 11) is 1.62. The lowest BCUT2D eigenvalue weighted by Crippen LogP contribution is -2.20. The molecular formula is C14H25N3O3. The average Bonchev–Trinajstić information content (AvgIpc) is 2.90. The van der Waals surface area contributed by atoms with Crippen molar-refractivity contribution in [2.24, 2.45) is 0 Å². The number of carbonyl (C=O) groups is 1. The Morgan fingerprint density at radius 2 is 2.00 bits per heavy atom. The molecule has 1 heterocycles. The third-order valence-corrected chi connectivity index (χ3v) is 2.86. The van der Waals surface area contributed by atoms with E-state index < -0.39 is 0 Å². The molecule has 1 aromatic rings. The molecule has 1 rings (SSSR count). The van der Waals surface area contributed by atoms with Gasteiger partial charge in [0, 0.05) is 26.2 Å². The van der Waals surface area contributed by atoms with Gasteiger partial charge in [-0.05, 0) is 5.92 Å². The van der Waals surface area contributed by atoms with Crippen LogP contribution in [0.2, 0.25) is 0 Å². The molecule has 0 unspecified atom stereocenters. The molecule has 114 valence electrons. The van der Waals surface area contributed by atoms with E-state index in [1.807, 2.05) is 17.1 Å². The van der Waals surface area contributed by atoms with E-state index in [-0.39, 0.29) is 5.91 Å². The minimum Gasteiger partial charge on any atom is -0.379 e. The third kappa shape index (κ3) is 6.68. The molecule has 0 atom stereocenters. The van der Waals surface area contributed by atoms with Crippen molar-refractivity contribution >= 4 is 5.91 Å². The van der Waals surface area contributed by atoms with Crippen LogP contribution < -0.4 is 5.32 Å². The number of rotatable bonds is 10. The summed E-state index contributed by atoms with van der Waals surface area (Å²) in [5, 5.41) is 2.55. The van der Waals surface area contributed by atoms with Gasteiger partial charge in [0.2, 0.25) is 5.91 Å². The summed E-state index contributed by atoms with van der Waals surface area (Å²) in [4.78, 5) is 15.2. The maximum absolute atomic E-state index is 10.9. The smallest absolute Gasteiger partial charge is 0.222 e. The molecule has 6 nitrogen and oxygen atoms in total. The van der Waals surface area contributed by atoms with Gasteiger partial charge in [0.15, 0.2) is 0 Å². The van der Waals surface area contributed by atoms with Gasteiger partial charge in [-0.3, -0.25) is 4.79 Å². The van der Waals surface area contributed by atoms with E-state index in [0.29, 0.717) is 38.8 Å². The quantitative estimate of drug-likeness (QED) is 0.655. The van der Waals surface area contributed by atoms with E-state index in [0.717, 1.165) is 12.2 Å². The lowest BCUT2D eigenvalue weighted by atomic mass is 10.2. The minimum atomic E-state index is -0.00742. The highest BCUT2D eigenvalue weighted by Gasteiger charge is 2.02. The second-order valence-electron chi connectivity index (χ2n) is 4.84. The van der Waals surface area contributed by atoms with Crippen molar-refractivity contribution in [1.29, 1.82) is 0 Å². The summed E-state index contributed by atoms with van der Waals surface area (Å²) >= 11 is 0. The summed E-state index contributed by atoms with van der Waals surface area (Å²) in [6.45, 7) is 7.16. The SMILES string of the molecule is CNC(=O)CCOCCOCCn1cnc(C(C)C)c1. The summed E-state index contributed by atoms with van der Waals surface area (Å²) in [6, 6.07) is 0. The van der Waals surface area contributed by atoms with Crippen LogP contribution in [0.15, 0.2) is 12.5 Å². The molecule has 1 aromatic heterocycles. The maximum atomic E-state index is 10.9. The molecule has 0 bridgehead atoms. The van der Waals surface area contributed by atoms with Crippen LogP contribution in [-0.2, 0) is 20.8 Å². The van der Waals surface area contributed by atoms with Crippen LogP contribution in [-0.4, -0.2) is 48.9 Å². The number of aromatic nitrogens is 2. The first-order chi connectivity index (χ1) is 9.63. The number of nitrogens with one attached hydrogen (secondary N) is 1. The molecule has 0 aliphatic heterocycles. The Balaban J connectivity index is 1.98. The van der Waals surface area contributed by atoms with E-state index in [2.05, 4.69) is 24.1 Å². The Morgan fingerprint density at radius 3 is 2.60 bits per heavy atom. The topological polar surface area (TPSA) is 65.4 Å².